The number of fused-ring (bicyclic) bond motifs is 8. The lowest BCUT2D eigenvalue weighted by Crippen LogP contribution is -1.99. The molecule has 2 heterocycles. The van der Waals surface area contributed by atoms with E-state index in [4.69, 9.17) is 0 Å². The van der Waals surface area contributed by atoms with E-state index in [9.17, 15) is 0 Å². The van der Waals surface area contributed by atoms with Crippen LogP contribution in [0, 0.1) is 0 Å². The van der Waals surface area contributed by atoms with E-state index in [0.717, 1.165) is 11.4 Å². The van der Waals surface area contributed by atoms with Crippen LogP contribution in [0.4, 0.5) is 0 Å². The first-order valence-electron chi connectivity index (χ1n) is 18.6. The van der Waals surface area contributed by atoms with Crippen molar-refractivity contribution in [1.29, 1.82) is 0 Å². The SMILES string of the molecule is c1ccc(-c2ccc(-c3ccc(-n4c5ccccc5c5ccc6c7ccccc7n(-c7ccc8cc(-c9ccccc9)ccc8c7)c6c54)cc3)cc2)cc1. The molecule has 0 saturated heterocycles. The largest absolute Gasteiger partial charge is 0.307 e. The monoisotopic (exact) mass is 686 g/mol. The Balaban J connectivity index is 1.11. The van der Waals surface area contributed by atoms with Gasteiger partial charge in [-0.1, -0.05) is 164 Å². The summed E-state index contributed by atoms with van der Waals surface area (Å²) in [6.45, 7) is 0. The summed E-state index contributed by atoms with van der Waals surface area (Å²) in [6.07, 6.45) is 0. The fourth-order valence-corrected chi connectivity index (χ4v) is 8.51. The van der Waals surface area contributed by atoms with E-state index in [0.29, 0.717) is 0 Å². The molecule has 0 spiro atoms. The van der Waals surface area contributed by atoms with E-state index >= 15 is 0 Å². The lowest BCUT2D eigenvalue weighted by atomic mass is 10.0. The molecule has 0 aliphatic heterocycles. The van der Waals surface area contributed by atoms with Gasteiger partial charge in [-0.3, -0.25) is 0 Å². The molecule has 0 aliphatic carbocycles. The van der Waals surface area contributed by atoms with E-state index in [1.807, 2.05) is 0 Å². The van der Waals surface area contributed by atoms with Crippen LogP contribution in [-0.2, 0) is 0 Å². The Kier molecular flexibility index (Phi) is 6.90. The molecule has 0 atom stereocenters. The number of hydrogen-bond donors (Lipinski definition) is 0. The Morgan fingerprint density at radius 3 is 1.20 bits per heavy atom. The number of aromatic nitrogens is 2. The number of rotatable bonds is 5. The second-order valence-electron chi connectivity index (χ2n) is 14.2. The van der Waals surface area contributed by atoms with Gasteiger partial charge in [0, 0.05) is 32.9 Å². The fraction of sp³-hybridized carbons (Fsp3) is 0. The van der Waals surface area contributed by atoms with Gasteiger partial charge in [-0.15, -0.1) is 0 Å². The van der Waals surface area contributed by atoms with E-state index in [2.05, 4.69) is 215 Å². The van der Waals surface area contributed by atoms with Gasteiger partial charge in [0.15, 0.2) is 0 Å². The highest BCUT2D eigenvalue weighted by atomic mass is 15.0. The number of para-hydroxylation sites is 2. The normalized spacial score (nSPS) is 11.7. The standard InChI is InChI=1S/C52H34N2/c1-3-11-35(12-4-1)37-19-21-38(22-20-37)39-25-28-43(29-26-39)53-49-17-9-7-15-45(49)47-31-32-48-46-16-8-10-18-50(46)54(52(48)51(47)53)44-30-27-41-33-40(23-24-42(41)34-44)36-13-5-2-6-14-36/h1-34H. The summed E-state index contributed by atoms with van der Waals surface area (Å²) < 4.78 is 4.95. The van der Waals surface area contributed by atoms with Crippen LogP contribution in [0.25, 0.3) is 99.1 Å². The second-order valence-corrected chi connectivity index (χ2v) is 14.2. The zero-order valence-corrected chi connectivity index (χ0v) is 29.5. The van der Waals surface area contributed by atoms with E-state index < -0.39 is 0 Å². The first-order valence-corrected chi connectivity index (χ1v) is 18.6. The molecule has 11 rings (SSSR count). The zero-order chi connectivity index (χ0) is 35.6. The highest BCUT2D eigenvalue weighted by Gasteiger charge is 2.21. The predicted octanol–water partition coefficient (Wildman–Crippen LogP) is 14.0. The Morgan fingerprint density at radius 2 is 0.630 bits per heavy atom. The molecule has 0 unspecified atom stereocenters. The summed E-state index contributed by atoms with van der Waals surface area (Å²) in [7, 11) is 0. The van der Waals surface area contributed by atoms with Gasteiger partial charge in [-0.25, -0.2) is 0 Å². The maximum Gasteiger partial charge on any atom is 0.0788 e. The van der Waals surface area contributed by atoms with E-state index in [1.54, 1.807) is 0 Å². The Bertz CT molecular complexity index is 3170. The van der Waals surface area contributed by atoms with Crippen molar-refractivity contribution >= 4 is 54.4 Å². The Labute approximate surface area is 313 Å². The fourth-order valence-electron chi connectivity index (χ4n) is 8.51. The summed E-state index contributed by atoms with van der Waals surface area (Å²) in [4.78, 5) is 0. The highest BCUT2D eigenvalue weighted by molar-refractivity contribution is 6.24. The average Bonchev–Trinajstić information content (AvgIpc) is 3.77. The summed E-state index contributed by atoms with van der Waals surface area (Å²) in [5.74, 6) is 0. The van der Waals surface area contributed by atoms with Crippen LogP contribution in [0.2, 0.25) is 0 Å². The van der Waals surface area contributed by atoms with E-state index in [-0.39, 0.29) is 0 Å². The quantitative estimate of drug-likeness (QED) is 0.171. The molecule has 0 bridgehead atoms. The van der Waals surface area contributed by atoms with Gasteiger partial charge in [0.1, 0.15) is 0 Å². The van der Waals surface area contributed by atoms with Crippen molar-refractivity contribution in [2.45, 2.75) is 0 Å². The van der Waals surface area contributed by atoms with Crippen molar-refractivity contribution in [2.75, 3.05) is 0 Å². The third kappa shape index (κ3) is 4.81. The Morgan fingerprint density at radius 1 is 0.241 bits per heavy atom. The minimum atomic E-state index is 1.14. The van der Waals surface area contributed by atoms with Crippen LogP contribution in [0.1, 0.15) is 0 Å². The molecular weight excluding hydrogens is 653 g/mol. The molecule has 2 heteroatoms. The average molecular weight is 687 g/mol. The first-order chi connectivity index (χ1) is 26.8. The van der Waals surface area contributed by atoms with Crippen molar-refractivity contribution in [3.63, 3.8) is 0 Å². The Hall–Kier alpha value is -7.16. The number of benzene rings is 9. The molecule has 0 fully saturated rings. The van der Waals surface area contributed by atoms with Crippen molar-refractivity contribution in [3.8, 4) is 44.8 Å². The molecular formula is C52H34N2. The highest BCUT2D eigenvalue weighted by Crippen LogP contribution is 2.42. The van der Waals surface area contributed by atoms with Gasteiger partial charge in [0.25, 0.3) is 0 Å². The molecule has 0 N–H and O–H groups in total. The van der Waals surface area contributed by atoms with Crippen LogP contribution in [0.3, 0.4) is 0 Å². The van der Waals surface area contributed by atoms with Crippen molar-refractivity contribution in [2.24, 2.45) is 0 Å². The van der Waals surface area contributed by atoms with Gasteiger partial charge >= 0.3 is 0 Å². The van der Waals surface area contributed by atoms with Crippen LogP contribution in [0.5, 0.6) is 0 Å². The van der Waals surface area contributed by atoms with Crippen molar-refractivity contribution in [3.05, 3.63) is 206 Å². The predicted molar refractivity (Wildman–Crippen MR) is 229 cm³/mol. The molecule has 9 aromatic carbocycles. The molecule has 0 radical (unpaired) electrons. The minimum Gasteiger partial charge on any atom is -0.307 e. The summed E-state index contributed by atoms with van der Waals surface area (Å²) in [5.41, 5.74) is 14.4. The third-order valence-corrected chi connectivity index (χ3v) is 11.1. The molecule has 11 aromatic rings. The molecule has 0 amide bonds. The molecule has 0 saturated carbocycles. The maximum atomic E-state index is 2.48. The summed E-state index contributed by atoms with van der Waals surface area (Å²) in [5, 5.41) is 7.44. The number of hydrogen-bond acceptors (Lipinski definition) is 0. The molecule has 2 nitrogen and oxygen atoms in total. The molecule has 54 heavy (non-hydrogen) atoms. The van der Waals surface area contributed by atoms with Gasteiger partial charge in [0.05, 0.1) is 22.1 Å². The smallest absolute Gasteiger partial charge is 0.0788 e. The molecule has 0 aliphatic rings. The summed E-state index contributed by atoms with van der Waals surface area (Å²) >= 11 is 0. The topological polar surface area (TPSA) is 9.86 Å². The van der Waals surface area contributed by atoms with E-state index in [1.165, 1.54) is 87.8 Å². The second kappa shape index (κ2) is 12.2. The lowest BCUT2D eigenvalue weighted by molar-refractivity contribution is 1.15. The van der Waals surface area contributed by atoms with Gasteiger partial charge in [-0.05, 0) is 86.6 Å². The van der Waals surface area contributed by atoms with Crippen LogP contribution in [-0.4, -0.2) is 9.13 Å². The van der Waals surface area contributed by atoms with Crippen LogP contribution < -0.4 is 0 Å². The summed E-state index contributed by atoms with van der Waals surface area (Å²) in [6, 6.07) is 75.2. The van der Waals surface area contributed by atoms with Gasteiger partial charge < -0.3 is 9.13 Å². The van der Waals surface area contributed by atoms with Gasteiger partial charge in [0.2, 0.25) is 0 Å². The molecule has 252 valence electrons. The third-order valence-electron chi connectivity index (χ3n) is 11.1. The van der Waals surface area contributed by atoms with Crippen LogP contribution >= 0.6 is 0 Å². The van der Waals surface area contributed by atoms with Crippen molar-refractivity contribution in [1.82, 2.24) is 9.13 Å². The minimum absolute atomic E-state index is 1.14. The van der Waals surface area contributed by atoms with Crippen molar-refractivity contribution < 1.29 is 0 Å². The maximum absolute atomic E-state index is 2.48. The lowest BCUT2D eigenvalue weighted by Gasteiger charge is -2.14. The van der Waals surface area contributed by atoms with Gasteiger partial charge in [-0.2, -0.15) is 0 Å². The number of nitrogens with zero attached hydrogens (tertiary/aromatic N) is 2. The van der Waals surface area contributed by atoms with Crippen LogP contribution in [0.15, 0.2) is 206 Å². The molecule has 2 aromatic heterocycles. The first kappa shape index (κ1) is 30.5. The zero-order valence-electron chi connectivity index (χ0n) is 29.5.